The van der Waals surface area contributed by atoms with E-state index in [9.17, 15) is 4.79 Å². The largest absolute Gasteiger partial charge is 0.439 e. The molecule has 5 nitrogen and oxygen atoms in total. The highest BCUT2D eigenvalue weighted by Gasteiger charge is 2.06. The Kier molecular flexibility index (Phi) is 1.70. The van der Waals surface area contributed by atoms with Gasteiger partial charge in [0.25, 0.3) is 0 Å². The Balaban J connectivity index is 2.58. The molecule has 2 aromatic heterocycles. The fraction of sp³-hybridized carbons (Fsp3) is 0.125. The van der Waals surface area contributed by atoms with Crippen molar-refractivity contribution in [3.05, 3.63) is 34.6 Å². The summed E-state index contributed by atoms with van der Waals surface area (Å²) in [6, 6.07) is 1.84. The van der Waals surface area contributed by atoms with E-state index in [0.29, 0.717) is 5.82 Å². The Labute approximate surface area is 73.4 Å². The Morgan fingerprint density at radius 1 is 1.54 bits per heavy atom. The summed E-state index contributed by atoms with van der Waals surface area (Å²) in [6.07, 6.45) is 3.31. The van der Waals surface area contributed by atoms with E-state index in [1.54, 1.807) is 12.4 Å². The van der Waals surface area contributed by atoms with E-state index in [1.165, 1.54) is 0 Å². The third kappa shape index (κ3) is 1.35. The van der Waals surface area contributed by atoms with Crippen LogP contribution in [0.25, 0.3) is 11.4 Å². The summed E-state index contributed by atoms with van der Waals surface area (Å²) in [4.78, 5) is 17.1. The minimum atomic E-state index is -0.557. The molecule has 0 spiro atoms. The van der Waals surface area contributed by atoms with Crippen molar-refractivity contribution in [2.24, 2.45) is 0 Å². The van der Waals surface area contributed by atoms with E-state index in [-0.39, 0.29) is 0 Å². The second-order valence-corrected chi connectivity index (χ2v) is 2.63. The number of hydrogen-bond donors (Lipinski definition) is 1. The monoisotopic (exact) mass is 177 g/mol. The zero-order chi connectivity index (χ0) is 9.26. The van der Waals surface area contributed by atoms with Gasteiger partial charge in [0.1, 0.15) is 0 Å². The maximum absolute atomic E-state index is 10.7. The molecule has 0 saturated carbocycles. The number of hydrogen-bond acceptors (Lipinski definition) is 4. The molecule has 2 rings (SSSR count). The zero-order valence-corrected chi connectivity index (χ0v) is 6.94. The van der Waals surface area contributed by atoms with Gasteiger partial charge in [-0.25, -0.2) is 4.79 Å². The van der Waals surface area contributed by atoms with Crippen molar-refractivity contribution in [3.8, 4) is 11.4 Å². The van der Waals surface area contributed by atoms with Gasteiger partial charge in [-0.05, 0) is 18.6 Å². The Bertz CT molecular complexity index is 472. The summed E-state index contributed by atoms with van der Waals surface area (Å²) in [6.45, 7) is 1.91. The van der Waals surface area contributed by atoms with Crippen LogP contribution in [0.2, 0.25) is 0 Å². The highest BCUT2D eigenvalue weighted by Crippen LogP contribution is 2.15. The molecule has 0 fully saturated rings. The maximum atomic E-state index is 10.7. The predicted octanol–water partition coefficient (Wildman–Crippen LogP) is 0.733. The van der Waals surface area contributed by atoms with Gasteiger partial charge in [-0.3, -0.25) is 14.5 Å². The lowest BCUT2D eigenvalue weighted by Crippen LogP contribution is -1.95. The van der Waals surface area contributed by atoms with Crippen LogP contribution in [-0.4, -0.2) is 15.1 Å². The molecular weight excluding hydrogens is 170 g/mol. The highest BCUT2D eigenvalue weighted by atomic mass is 16.5. The van der Waals surface area contributed by atoms with Gasteiger partial charge >= 0.3 is 5.76 Å². The summed E-state index contributed by atoms with van der Waals surface area (Å²) in [5.41, 5.74) is 1.76. The van der Waals surface area contributed by atoms with Crippen LogP contribution >= 0.6 is 0 Å². The minimum Gasteiger partial charge on any atom is -0.296 e. The van der Waals surface area contributed by atoms with Crippen molar-refractivity contribution in [1.29, 1.82) is 0 Å². The molecule has 0 radical (unpaired) electrons. The summed E-state index contributed by atoms with van der Waals surface area (Å²) in [7, 11) is 0. The number of aromatic nitrogens is 3. The normalized spacial score (nSPS) is 10.2. The van der Waals surface area contributed by atoms with Gasteiger partial charge in [-0.15, -0.1) is 0 Å². The SMILES string of the molecule is Cc1ccncc1-c1noc(=O)[nH]1. The van der Waals surface area contributed by atoms with Gasteiger partial charge in [-0.2, -0.15) is 0 Å². The number of rotatable bonds is 1. The van der Waals surface area contributed by atoms with E-state index >= 15 is 0 Å². The fourth-order valence-electron chi connectivity index (χ4n) is 1.06. The molecule has 0 aliphatic carbocycles. The first-order valence-corrected chi connectivity index (χ1v) is 3.74. The van der Waals surface area contributed by atoms with Crippen LogP contribution in [0.15, 0.2) is 27.8 Å². The molecule has 2 aromatic rings. The summed E-state index contributed by atoms with van der Waals surface area (Å²) < 4.78 is 4.39. The Morgan fingerprint density at radius 3 is 3.00 bits per heavy atom. The third-order valence-corrected chi connectivity index (χ3v) is 1.73. The average molecular weight is 177 g/mol. The second-order valence-electron chi connectivity index (χ2n) is 2.63. The van der Waals surface area contributed by atoms with Crippen LogP contribution in [0, 0.1) is 6.92 Å². The van der Waals surface area contributed by atoms with Crippen LogP contribution < -0.4 is 5.76 Å². The quantitative estimate of drug-likeness (QED) is 0.697. The Hall–Kier alpha value is -1.91. The molecule has 0 aromatic carbocycles. The summed E-state index contributed by atoms with van der Waals surface area (Å²) in [5.74, 6) is -0.145. The van der Waals surface area contributed by atoms with Crippen molar-refractivity contribution >= 4 is 0 Å². The second kappa shape index (κ2) is 2.85. The topological polar surface area (TPSA) is 71.8 Å². The van der Waals surface area contributed by atoms with Crippen molar-refractivity contribution < 1.29 is 4.52 Å². The molecule has 0 atom stereocenters. The molecule has 2 heterocycles. The number of nitrogens with zero attached hydrogens (tertiary/aromatic N) is 2. The summed E-state index contributed by atoms with van der Waals surface area (Å²) >= 11 is 0. The molecule has 5 heteroatoms. The van der Waals surface area contributed by atoms with Gasteiger partial charge in [0.2, 0.25) is 0 Å². The molecule has 66 valence electrons. The molecule has 0 aliphatic rings. The van der Waals surface area contributed by atoms with Gasteiger partial charge < -0.3 is 0 Å². The van der Waals surface area contributed by atoms with Gasteiger partial charge in [0.15, 0.2) is 5.82 Å². The predicted molar refractivity (Wildman–Crippen MR) is 45.1 cm³/mol. The third-order valence-electron chi connectivity index (χ3n) is 1.73. The molecule has 0 aliphatic heterocycles. The average Bonchev–Trinajstić information content (AvgIpc) is 2.53. The molecule has 0 amide bonds. The van der Waals surface area contributed by atoms with Crippen molar-refractivity contribution in [1.82, 2.24) is 15.1 Å². The Morgan fingerprint density at radius 2 is 2.38 bits per heavy atom. The van der Waals surface area contributed by atoms with E-state index < -0.39 is 5.76 Å². The highest BCUT2D eigenvalue weighted by molar-refractivity contribution is 5.56. The smallest absolute Gasteiger partial charge is 0.296 e. The molecule has 1 N–H and O–H groups in total. The van der Waals surface area contributed by atoms with Crippen molar-refractivity contribution in [2.75, 3.05) is 0 Å². The number of aryl methyl sites for hydroxylation is 1. The number of nitrogens with one attached hydrogen (secondary N) is 1. The van der Waals surface area contributed by atoms with E-state index in [4.69, 9.17) is 0 Å². The van der Waals surface area contributed by atoms with Crippen LogP contribution in [0.5, 0.6) is 0 Å². The van der Waals surface area contributed by atoms with Crippen molar-refractivity contribution in [2.45, 2.75) is 6.92 Å². The van der Waals surface area contributed by atoms with Crippen LogP contribution in [0.3, 0.4) is 0 Å². The number of pyridine rings is 1. The van der Waals surface area contributed by atoms with Gasteiger partial charge in [0, 0.05) is 18.0 Å². The summed E-state index contributed by atoms with van der Waals surface area (Å²) in [5, 5.41) is 3.56. The van der Waals surface area contributed by atoms with E-state index in [0.717, 1.165) is 11.1 Å². The van der Waals surface area contributed by atoms with E-state index in [1.807, 2.05) is 13.0 Å². The first-order valence-electron chi connectivity index (χ1n) is 3.74. The molecular formula is C8H7N3O2. The van der Waals surface area contributed by atoms with Crippen LogP contribution in [0.1, 0.15) is 5.56 Å². The molecule has 0 bridgehead atoms. The lowest BCUT2D eigenvalue weighted by molar-refractivity contribution is 0.388. The molecule has 13 heavy (non-hydrogen) atoms. The minimum absolute atomic E-state index is 0.413. The number of aromatic amines is 1. The molecule has 0 unspecified atom stereocenters. The fourth-order valence-corrected chi connectivity index (χ4v) is 1.06. The first kappa shape index (κ1) is 7.72. The van der Waals surface area contributed by atoms with Crippen LogP contribution in [0.4, 0.5) is 0 Å². The zero-order valence-electron chi connectivity index (χ0n) is 6.94. The maximum Gasteiger partial charge on any atom is 0.439 e. The lowest BCUT2D eigenvalue weighted by Gasteiger charge is -1.97. The standard InChI is InChI=1S/C8H7N3O2/c1-5-2-3-9-4-6(5)7-10-8(12)13-11-7/h2-4H,1H3,(H,10,11,12). The van der Waals surface area contributed by atoms with Gasteiger partial charge in [0.05, 0.1) is 0 Å². The first-order chi connectivity index (χ1) is 6.27. The molecule has 0 saturated heterocycles. The van der Waals surface area contributed by atoms with Crippen LogP contribution in [-0.2, 0) is 0 Å². The van der Waals surface area contributed by atoms with E-state index in [2.05, 4.69) is 19.6 Å². The lowest BCUT2D eigenvalue weighted by atomic mass is 10.1. The number of H-pyrrole nitrogens is 1. The van der Waals surface area contributed by atoms with Gasteiger partial charge in [-0.1, -0.05) is 5.16 Å². The van der Waals surface area contributed by atoms with Crippen molar-refractivity contribution in [3.63, 3.8) is 0 Å².